The topological polar surface area (TPSA) is 76.2 Å². The number of aromatic carboxylic acids is 1. The van der Waals surface area contributed by atoms with Crippen molar-refractivity contribution in [3.8, 4) is 0 Å². The van der Waals surface area contributed by atoms with Crippen LogP contribution in [0.5, 0.6) is 0 Å². The Morgan fingerprint density at radius 3 is 2.43 bits per heavy atom. The van der Waals surface area contributed by atoms with Crippen LogP contribution < -0.4 is 0 Å². The van der Waals surface area contributed by atoms with Crippen molar-refractivity contribution < 1.29 is 14.4 Å². The highest BCUT2D eigenvalue weighted by Crippen LogP contribution is 2.70. The summed E-state index contributed by atoms with van der Waals surface area (Å²) in [5, 5.41) is 12.5. The van der Waals surface area contributed by atoms with E-state index in [9.17, 15) is 4.79 Å². The molecular formula is C16H22N2O3. The number of rotatable bonds is 3. The lowest BCUT2D eigenvalue weighted by Gasteiger charge is -2.65. The van der Waals surface area contributed by atoms with Crippen molar-refractivity contribution in [3.05, 3.63) is 11.7 Å². The molecule has 4 aliphatic carbocycles. The Morgan fingerprint density at radius 2 is 1.90 bits per heavy atom. The molecule has 1 aromatic rings. The third-order valence-corrected chi connectivity index (χ3v) is 5.93. The molecule has 1 aromatic heterocycles. The second kappa shape index (κ2) is 3.87. The Kier molecular flexibility index (Phi) is 2.45. The van der Waals surface area contributed by atoms with Crippen LogP contribution in [-0.4, -0.2) is 21.2 Å². The number of nitrogens with zero attached hydrogens (tertiary/aromatic N) is 2. The molecule has 5 rings (SSSR count). The molecule has 4 fully saturated rings. The molecule has 0 radical (unpaired) electrons. The predicted molar refractivity (Wildman–Crippen MR) is 74.8 cm³/mol. The van der Waals surface area contributed by atoms with Crippen LogP contribution in [0.4, 0.5) is 0 Å². The molecule has 0 aliphatic heterocycles. The van der Waals surface area contributed by atoms with Gasteiger partial charge in [-0.25, -0.2) is 4.79 Å². The summed E-state index contributed by atoms with van der Waals surface area (Å²) in [6.07, 6.45) is 8.47. The highest BCUT2D eigenvalue weighted by Gasteiger charge is 2.60. The fourth-order valence-electron chi connectivity index (χ4n) is 6.62. The van der Waals surface area contributed by atoms with Gasteiger partial charge in [0, 0.05) is 6.42 Å². The molecule has 21 heavy (non-hydrogen) atoms. The molecule has 0 saturated heterocycles. The lowest BCUT2D eigenvalue weighted by atomic mass is 9.40. The molecule has 2 atom stereocenters. The third kappa shape index (κ3) is 2.09. The quantitative estimate of drug-likeness (QED) is 0.924. The van der Waals surface area contributed by atoms with Gasteiger partial charge in [0.2, 0.25) is 5.89 Å². The normalized spacial score (nSPS) is 44.2. The number of carboxylic acids is 1. The zero-order chi connectivity index (χ0) is 14.9. The number of hydrogen-bond acceptors (Lipinski definition) is 4. The molecule has 0 amide bonds. The zero-order valence-corrected chi connectivity index (χ0v) is 12.7. The average molecular weight is 290 g/mol. The summed E-state index contributed by atoms with van der Waals surface area (Å²) in [6, 6.07) is 0. The molecular weight excluding hydrogens is 268 g/mol. The van der Waals surface area contributed by atoms with E-state index in [0.717, 1.165) is 12.3 Å². The van der Waals surface area contributed by atoms with Gasteiger partial charge in [0.15, 0.2) is 0 Å². The number of carbonyl (C=O) groups is 1. The van der Waals surface area contributed by atoms with Gasteiger partial charge in [-0.3, -0.25) is 0 Å². The number of hydrogen-bond donors (Lipinski definition) is 1. The monoisotopic (exact) mass is 290 g/mol. The first-order valence-electron chi connectivity index (χ1n) is 7.85. The van der Waals surface area contributed by atoms with E-state index in [0.29, 0.717) is 16.7 Å². The number of aromatic nitrogens is 2. The number of carboxylic acid groups (broad SMARTS) is 1. The molecule has 114 valence electrons. The van der Waals surface area contributed by atoms with Crippen molar-refractivity contribution in [2.24, 2.45) is 22.2 Å². The van der Waals surface area contributed by atoms with E-state index in [4.69, 9.17) is 9.63 Å². The maximum atomic E-state index is 10.9. The SMILES string of the molecule is CC12CC3CC(C)(C1)CC(Cc1nc(C(=O)O)no1)(C3)C2. The van der Waals surface area contributed by atoms with E-state index >= 15 is 0 Å². The Labute approximate surface area is 124 Å². The van der Waals surface area contributed by atoms with Crippen molar-refractivity contribution in [1.29, 1.82) is 0 Å². The van der Waals surface area contributed by atoms with E-state index < -0.39 is 5.97 Å². The van der Waals surface area contributed by atoms with Crippen LogP contribution in [0.3, 0.4) is 0 Å². The van der Waals surface area contributed by atoms with E-state index in [1.54, 1.807) is 0 Å². The van der Waals surface area contributed by atoms with Gasteiger partial charge >= 0.3 is 5.97 Å². The van der Waals surface area contributed by atoms with Crippen LogP contribution >= 0.6 is 0 Å². The highest BCUT2D eigenvalue weighted by molar-refractivity contribution is 5.82. The Hall–Kier alpha value is -1.39. The van der Waals surface area contributed by atoms with Gasteiger partial charge < -0.3 is 9.63 Å². The smallest absolute Gasteiger partial charge is 0.377 e. The van der Waals surface area contributed by atoms with Gasteiger partial charge in [0.05, 0.1) is 0 Å². The van der Waals surface area contributed by atoms with Crippen LogP contribution in [0.1, 0.15) is 68.9 Å². The van der Waals surface area contributed by atoms with E-state index in [1.807, 2.05) is 0 Å². The van der Waals surface area contributed by atoms with Crippen LogP contribution in [0, 0.1) is 22.2 Å². The zero-order valence-electron chi connectivity index (χ0n) is 12.7. The summed E-state index contributed by atoms with van der Waals surface area (Å²) in [7, 11) is 0. The van der Waals surface area contributed by atoms with Gasteiger partial charge in [0.1, 0.15) is 0 Å². The minimum absolute atomic E-state index is 0.216. The van der Waals surface area contributed by atoms with E-state index in [1.165, 1.54) is 38.5 Å². The second-order valence-electron chi connectivity index (χ2n) is 8.62. The Bertz CT molecular complexity index is 590. The molecule has 5 heteroatoms. The van der Waals surface area contributed by atoms with Gasteiger partial charge in [-0.2, -0.15) is 4.98 Å². The summed E-state index contributed by atoms with van der Waals surface area (Å²) >= 11 is 0. The first-order valence-corrected chi connectivity index (χ1v) is 7.85. The van der Waals surface area contributed by atoms with E-state index in [-0.39, 0.29) is 11.2 Å². The van der Waals surface area contributed by atoms with Crippen molar-refractivity contribution in [1.82, 2.24) is 10.1 Å². The summed E-state index contributed by atoms with van der Waals surface area (Å²) in [5.74, 6) is -0.0127. The third-order valence-electron chi connectivity index (χ3n) is 5.93. The molecule has 2 unspecified atom stereocenters. The fraction of sp³-hybridized carbons (Fsp3) is 0.812. The van der Waals surface area contributed by atoms with E-state index in [2.05, 4.69) is 24.0 Å². The minimum atomic E-state index is -1.12. The van der Waals surface area contributed by atoms with Gasteiger partial charge in [-0.1, -0.05) is 13.8 Å². The van der Waals surface area contributed by atoms with Crippen LogP contribution in [0.2, 0.25) is 0 Å². The Morgan fingerprint density at radius 1 is 1.24 bits per heavy atom. The Balaban J connectivity index is 1.63. The lowest BCUT2D eigenvalue weighted by Crippen LogP contribution is -2.55. The van der Waals surface area contributed by atoms with Crippen LogP contribution in [0.15, 0.2) is 4.52 Å². The molecule has 4 aliphatic rings. The molecule has 0 spiro atoms. The second-order valence-corrected chi connectivity index (χ2v) is 8.62. The van der Waals surface area contributed by atoms with Crippen LogP contribution in [-0.2, 0) is 6.42 Å². The average Bonchev–Trinajstić information content (AvgIpc) is 2.71. The summed E-state index contributed by atoms with van der Waals surface area (Å²) in [4.78, 5) is 14.9. The highest BCUT2D eigenvalue weighted by atomic mass is 16.5. The molecule has 1 N–H and O–H groups in total. The molecule has 1 heterocycles. The summed E-state index contributed by atoms with van der Waals surface area (Å²) < 4.78 is 5.19. The standard InChI is InChI=1S/C16H22N2O3/c1-14-3-10-4-15(2,7-14)9-16(5-10,8-14)6-11-17-12(13(19)20)18-21-11/h10H,3-9H2,1-2H3,(H,19,20). The first kappa shape index (κ1) is 13.3. The molecule has 0 aromatic carbocycles. The molecule has 4 saturated carbocycles. The van der Waals surface area contributed by atoms with Crippen molar-refractivity contribution >= 4 is 5.97 Å². The predicted octanol–water partition coefficient (Wildman–Crippen LogP) is 3.31. The largest absolute Gasteiger partial charge is 0.475 e. The molecule has 4 bridgehead atoms. The summed E-state index contributed by atoms with van der Waals surface area (Å²) in [6.45, 7) is 4.86. The van der Waals surface area contributed by atoms with Gasteiger partial charge in [-0.15, -0.1) is 0 Å². The maximum Gasteiger partial charge on any atom is 0.377 e. The van der Waals surface area contributed by atoms with Gasteiger partial charge in [0.25, 0.3) is 5.82 Å². The maximum absolute atomic E-state index is 10.9. The van der Waals surface area contributed by atoms with Gasteiger partial charge in [-0.05, 0) is 65.8 Å². The lowest BCUT2D eigenvalue weighted by molar-refractivity contribution is -0.146. The molecule has 5 nitrogen and oxygen atoms in total. The minimum Gasteiger partial charge on any atom is -0.475 e. The first-order chi connectivity index (χ1) is 9.79. The van der Waals surface area contributed by atoms with Crippen molar-refractivity contribution in [3.63, 3.8) is 0 Å². The fourth-order valence-corrected chi connectivity index (χ4v) is 6.62. The van der Waals surface area contributed by atoms with Crippen molar-refractivity contribution in [2.45, 2.75) is 58.8 Å². The van der Waals surface area contributed by atoms with Crippen molar-refractivity contribution in [2.75, 3.05) is 0 Å². The van der Waals surface area contributed by atoms with Crippen LogP contribution in [0.25, 0.3) is 0 Å². The summed E-state index contributed by atoms with van der Waals surface area (Å²) in [5.41, 5.74) is 1.14.